The monoisotopic (exact) mass is 438 g/mol. The molecule has 4 rings (SSSR count). The van der Waals surface area contributed by atoms with Crippen LogP contribution in [0.25, 0.3) is 10.7 Å². The van der Waals surface area contributed by atoms with Crippen molar-refractivity contribution in [2.75, 3.05) is 17.7 Å². The summed E-state index contributed by atoms with van der Waals surface area (Å²) in [5.74, 6) is 0.521. The summed E-state index contributed by atoms with van der Waals surface area (Å²) >= 11 is 1.53. The Morgan fingerprint density at radius 2 is 2.06 bits per heavy atom. The number of anilines is 2. The lowest BCUT2D eigenvalue weighted by Crippen LogP contribution is -2.13. The maximum Gasteiger partial charge on any atom is 0.255 e. The number of aromatic nitrogens is 2. The van der Waals surface area contributed by atoms with Crippen LogP contribution >= 0.6 is 11.3 Å². The van der Waals surface area contributed by atoms with Crippen molar-refractivity contribution in [3.05, 3.63) is 77.2 Å². The average molecular weight is 438 g/mol. The SMILES string of the molecule is COc1ccc(NC(C)c2nc(-c3cccs3)no2)cc1NC(=O)c1cccc(F)c1. The first-order valence-electron chi connectivity index (χ1n) is 9.42. The molecule has 4 aromatic rings. The molecule has 0 aliphatic carbocycles. The molecule has 1 amide bonds. The second-order valence-corrected chi connectivity index (χ2v) is 7.63. The van der Waals surface area contributed by atoms with E-state index in [9.17, 15) is 9.18 Å². The first-order valence-corrected chi connectivity index (χ1v) is 10.3. The van der Waals surface area contributed by atoms with Gasteiger partial charge in [-0.3, -0.25) is 4.79 Å². The van der Waals surface area contributed by atoms with E-state index in [1.54, 1.807) is 12.1 Å². The van der Waals surface area contributed by atoms with Gasteiger partial charge in [-0.1, -0.05) is 17.3 Å². The quantitative estimate of drug-likeness (QED) is 0.403. The van der Waals surface area contributed by atoms with Crippen LogP contribution in [-0.2, 0) is 0 Å². The smallest absolute Gasteiger partial charge is 0.255 e. The molecule has 2 aromatic heterocycles. The Hall–Kier alpha value is -3.72. The highest BCUT2D eigenvalue weighted by Gasteiger charge is 2.17. The normalized spacial score (nSPS) is 11.7. The number of nitrogens with one attached hydrogen (secondary N) is 2. The van der Waals surface area contributed by atoms with Gasteiger partial charge in [-0.2, -0.15) is 4.98 Å². The van der Waals surface area contributed by atoms with Crippen molar-refractivity contribution in [2.45, 2.75) is 13.0 Å². The van der Waals surface area contributed by atoms with E-state index in [-0.39, 0.29) is 11.6 Å². The van der Waals surface area contributed by atoms with E-state index in [4.69, 9.17) is 9.26 Å². The molecule has 31 heavy (non-hydrogen) atoms. The van der Waals surface area contributed by atoms with E-state index in [1.807, 2.05) is 30.5 Å². The molecule has 0 aliphatic heterocycles. The minimum absolute atomic E-state index is 0.209. The van der Waals surface area contributed by atoms with Crippen molar-refractivity contribution in [3.63, 3.8) is 0 Å². The van der Waals surface area contributed by atoms with Crippen LogP contribution in [0.4, 0.5) is 15.8 Å². The third kappa shape index (κ3) is 4.72. The molecule has 1 unspecified atom stereocenters. The zero-order valence-corrected chi connectivity index (χ0v) is 17.6. The standard InChI is InChI=1S/C22H19FN4O3S/c1-13(22-26-20(27-30-22)19-7-4-10-31-19)24-16-8-9-18(29-2)17(12-16)25-21(28)14-5-3-6-15(23)11-14/h3-13,24H,1-2H3,(H,25,28). The number of hydrogen-bond acceptors (Lipinski definition) is 7. The fraction of sp³-hybridized carbons (Fsp3) is 0.136. The maximum absolute atomic E-state index is 13.4. The van der Waals surface area contributed by atoms with Gasteiger partial charge in [0.25, 0.3) is 5.91 Å². The maximum atomic E-state index is 13.4. The number of thiophene rings is 1. The molecule has 2 N–H and O–H groups in total. The molecule has 158 valence electrons. The minimum Gasteiger partial charge on any atom is -0.495 e. The van der Waals surface area contributed by atoms with Gasteiger partial charge in [0, 0.05) is 11.3 Å². The Labute approximate surface area is 181 Å². The molecule has 2 aromatic carbocycles. The van der Waals surface area contributed by atoms with E-state index < -0.39 is 11.7 Å². The fourth-order valence-electron chi connectivity index (χ4n) is 2.95. The van der Waals surface area contributed by atoms with Crippen molar-refractivity contribution >= 4 is 28.6 Å². The first-order chi connectivity index (χ1) is 15.0. The molecule has 1 atom stereocenters. The predicted octanol–water partition coefficient (Wildman–Crippen LogP) is 5.37. The lowest BCUT2D eigenvalue weighted by atomic mass is 10.2. The van der Waals surface area contributed by atoms with E-state index in [0.29, 0.717) is 28.8 Å². The molecule has 0 saturated carbocycles. The highest BCUT2D eigenvalue weighted by molar-refractivity contribution is 7.13. The summed E-state index contributed by atoms with van der Waals surface area (Å²) in [5, 5.41) is 12.0. The third-order valence-corrected chi connectivity index (χ3v) is 5.34. The summed E-state index contributed by atoms with van der Waals surface area (Å²) in [7, 11) is 1.51. The highest BCUT2D eigenvalue weighted by Crippen LogP contribution is 2.30. The van der Waals surface area contributed by atoms with Crippen molar-refractivity contribution in [1.82, 2.24) is 10.1 Å². The molecule has 7 nitrogen and oxygen atoms in total. The summed E-state index contributed by atoms with van der Waals surface area (Å²) in [6.07, 6.45) is 0. The zero-order valence-electron chi connectivity index (χ0n) is 16.8. The number of hydrogen-bond donors (Lipinski definition) is 2. The molecule has 0 aliphatic rings. The summed E-state index contributed by atoms with van der Waals surface area (Å²) in [6.45, 7) is 1.89. The van der Waals surface area contributed by atoms with E-state index in [2.05, 4.69) is 20.8 Å². The van der Waals surface area contributed by atoms with Crippen molar-refractivity contribution < 1.29 is 18.4 Å². The van der Waals surface area contributed by atoms with Gasteiger partial charge in [0.15, 0.2) is 0 Å². The van der Waals surface area contributed by atoms with Gasteiger partial charge < -0.3 is 19.9 Å². The first kappa shape index (κ1) is 20.5. The van der Waals surface area contributed by atoms with Gasteiger partial charge in [0.2, 0.25) is 11.7 Å². The summed E-state index contributed by atoms with van der Waals surface area (Å²) in [5.41, 5.74) is 1.36. The number of methoxy groups -OCH3 is 1. The van der Waals surface area contributed by atoms with E-state index in [1.165, 1.54) is 42.7 Å². The second kappa shape index (κ2) is 8.97. The number of rotatable bonds is 7. The van der Waals surface area contributed by atoms with Crippen molar-refractivity contribution in [3.8, 4) is 16.5 Å². The van der Waals surface area contributed by atoms with Gasteiger partial charge in [-0.25, -0.2) is 4.39 Å². The Bertz CT molecular complexity index is 1190. The Balaban J connectivity index is 1.51. The Kier molecular flexibility index (Phi) is 5.94. The van der Waals surface area contributed by atoms with Crippen LogP contribution in [0.15, 0.2) is 64.5 Å². The zero-order chi connectivity index (χ0) is 21.8. The number of halogens is 1. The van der Waals surface area contributed by atoms with Crippen LogP contribution in [0.3, 0.4) is 0 Å². The molecular weight excluding hydrogens is 419 g/mol. The van der Waals surface area contributed by atoms with Crippen LogP contribution < -0.4 is 15.4 Å². The summed E-state index contributed by atoms with van der Waals surface area (Å²) in [6, 6.07) is 14.3. The number of carbonyl (C=O) groups excluding carboxylic acids is 1. The van der Waals surface area contributed by atoms with Gasteiger partial charge in [0.1, 0.15) is 17.6 Å². The number of ether oxygens (including phenoxy) is 1. The fourth-order valence-corrected chi connectivity index (χ4v) is 3.60. The van der Waals surface area contributed by atoms with Crippen LogP contribution in [0.2, 0.25) is 0 Å². The third-order valence-electron chi connectivity index (χ3n) is 4.47. The van der Waals surface area contributed by atoms with Crippen LogP contribution in [0, 0.1) is 5.82 Å². The molecule has 0 bridgehead atoms. The van der Waals surface area contributed by atoms with Gasteiger partial charge >= 0.3 is 0 Å². The number of carbonyl (C=O) groups is 1. The lowest BCUT2D eigenvalue weighted by Gasteiger charge is -2.15. The molecule has 0 radical (unpaired) electrons. The molecule has 2 heterocycles. The van der Waals surface area contributed by atoms with Gasteiger partial charge in [-0.05, 0) is 54.8 Å². The van der Waals surface area contributed by atoms with Crippen molar-refractivity contribution in [2.24, 2.45) is 0 Å². The highest BCUT2D eigenvalue weighted by atomic mass is 32.1. The van der Waals surface area contributed by atoms with Gasteiger partial charge in [0.05, 0.1) is 17.7 Å². The minimum atomic E-state index is -0.481. The predicted molar refractivity (Wildman–Crippen MR) is 117 cm³/mol. The largest absolute Gasteiger partial charge is 0.495 e. The van der Waals surface area contributed by atoms with Gasteiger partial charge in [-0.15, -0.1) is 11.3 Å². The van der Waals surface area contributed by atoms with Crippen LogP contribution in [0.1, 0.15) is 29.2 Å². The number of benzene rings is 2. The van der Waals surface area contributed by atoms with E-state index >= 15 is 0 Å². The lowest BCUT2D eigenvalue weighted by molar-refractivity contribution is 0.102. The Morgan fingerprint density at radius 3 is 2.81 bits per heavy atom. The summed E-state index contributed by atoms with van der Waals surface area (Å²) in [4.78, 5) is 17.9. The summed E-state index contributed by atoms with van der Waals surface area (Å²) < 4.78 is 24.2. The molecule has 0 spiro atoms. The second-order valence-electron chi connectivity index (χ2n) is 6.68. The number of nitrogens with zero attached hydrogens (tertiary/aromatic N) is 2. The van der Waals surface area contributed by atoms with Crippen LogP contribution in [-0.4, -0.2) is 23.2 Å². The molecular formula is C22H19FN4O3S. The van der Waals surface area contributed by atoms with E-state index in [0.717, 1.165) is 4.88 Å². The Morgan fingerprint density at radius 1 is 1.19 bits per heavy atom. The van der Waals surface area contributed by atoms with Crippen LogP contribution in [0.5, 0.6) is 5.75 Å². The van der Waals surface area contributed by atoms with Crippen molar-refractivity contribution in [1.29, 1.82) is 0 Å². The number of amides is 1. The molecule has 9 heteroatoms. The molecule has 0 fully saturated rings. The molecule has 0 saturated heterocycles. The average Bonchev–Trinajstić information content (AvgIpc) is 3.46. The topological polar surface area (TPSA) is 89.3 Å².